The normalized spacial score (nSPS) is 16.9. The van der Waals surface area contributed by atoms with Gasteiger partial charge in [-0.2, -0.15) is 0 Å². The number of amides is 1. The Balaban J connectivity index is 1.51. The van der Waals surface area contributed by atoms with Crippen LogP contribution in [-0.2, 0) is 13.6 Å². The molecular weight excluding hydrogens is 358 g/mol. The second-order valence-corrected chi connectivity index (χ2v) is 6.92. The number of aromatic nitrogens is 6. The van der Waals surface area contributed by atoms with Crippen LogP contribution in [0.5, 0.6) is 5.88 Å². The molecule has 0 bridgehead atoms. The van der Waals surface area contributed by atoms with E-state index in [-0.39, 0.29) is 11.8 Å². The SMILES string of the molecule is COc1ncccc1C(=O)N1CCC[C@@H](c2nnc(Cn3ccnc3)n2C)C1. The van der Waals surface area contributed by atoms with E-state index in [2.05, 4.69) is 20.2 Å². The number of pyridine rings is 1. The molecule has 0 spiro atoms. The maximum atomic E-state index is 13.0. The molecular formula is C19H23N7O2. The molecule has 1 atom stereocenters. The average Bonchev–Trinajstić information content (AvgIpc) is 3.38. The number of piperidine rings is 1. The van der Waals surface area contributed by atoms with Crippen LogP contribution in [0.25, 0.3) is 0 Å². The van der Waals surface area contributed by atoms with Crippen molar-refractivity contribution in [3.8, 4) is 5.88 Å². The molecule has 1 aliphatic heterocycles. The van der Waals surface area contributed by atoms with E-state index < -0.39 is 0 Å². The summed E-state index contributed by atoms with van der Waals surface area (Å²) in [5.41, 5.74) is 0.490. The summed E-state index contributed by atoms with van der Waals surface area (Å²) in [6, 6.07) is 3.51. The Morgan fingerprint density at radius 3 is 3.00 bits per heavy atom. The van der Waals surface area contributed by atoms with Crippen molar-refractivity contribution in [1.29, 1.82) is 0 Å². The second-order valence-electron chi connectivity index (χ2n) is 6.92. The van der Waals surface area contributed by atoms with Gasteiger partial charge in [0, 0.05) is 44.6 Å². The quantitative estimate of drug-likeness (QED) is 0.665. The second kappa shape index (κ2) is 7.79. The van der Waals surface area contributed by atoms with Crippen LogP contribution in [0.3, 0.4) is 0 Å². The standard InChI is InChI=1S/C19H23N7O2/c1-24-16(12-25-10-8-20-13-25)22-23-17(24)14-5-4-9-26(11-14)19(27)15-6-3-7-21-18(15)28-2/h3,6-8,10,13-14H,4-5,9,11-12H2,1-2H3/t14-/m1/s1. The van der Waals surface area contributed by atoms with Gasteiger partial charge in [0.2, 0.25) is 5.88 Å². The van der Waals surface area contributed by atoms with Crippen LogP contribution in [0.2, 0.25) is 0 Å². The van der Waals surface area contributed by atoms with E-state index in [0.717, 1.165) is 24.5 Å². The summed E-state index contributed by atoms with van der Waals surface area (Å²) >= 11 is 0. The minimum absolute atomic E-state index is 0.0598. The minimum Gasteiger partial charge on any atom is -0.480 e. The van der Waals surface area contributed by atoms with Crippen LogP contribution >= 0.6 is 0 Å². The molecule has 3 aromatic heterocycles. The monoisotopic (exact) mass is 381 g/mol. The number of hydrogen-bond donors (Lipinski definition) is 0. The lowest BCUT2D eigenvalue weighted by atomic mass is 9.96. The van der Waals surface area contributed by atoms with Crippen LogP contribution in [0.15, 0.2) is 37.1 Å². The van der Waals surface area contributed by atoms with Gasteiger partial charge >= 0.3 is 0 Å². The summed E-state index contributed by atoms with van der Waals surface area (Å²) in [5, 5.41) is 8.78. The maximum Gasteiger partial charge on any atom is 0.259 e. The first-order valence-corrected chi connectivity index (χ1v) is 9.29. The number of rotatable bonds is 5. The predicted molar refractivity (Wildman–Crippen MR) is 101 cm³/mol. The fraction of sp³-hybridized carbons (Fsp3) is 0.421. The van der Waals surface area contributed by atoms with Gasteiger partial charge in [-0.1, -0.05) is 0 Å². The first-order valence-electron chi connectivity index (χ1n) is 9.29. The maximum absolute atomic E-state index is 13.0. The molecule has 0 aromatic carbocycles. The van der Waals surface area contributed by atoms with Crippen LogP contribution in [0.4, 0.5) is 0 Å². The zero-order valence-electron chi connectivity index (χ0n) is 16.0. The van der Waals surface area contributed by atoms with E-state index in [1.54, 1.807) is 30.9 Å². The van der Waals surface area contributed by atoms with Crippen molar-refractivity contribution in [1.82, 2.24) is 34.2 Å². The highest BCUT2D eigenvalue weighted by Gasteiger charge is 2.30. The van der Waals surface area contributed by atoms with Gasteiger partial charge in [-0.25, -0.2) is 9.97 Å². The zero-order valence-corrected chi connectivity index (χ0v) is 16.0. The molecule has 1 saturated heterocycles. The first-order chi connectivity index (χ1) is 13.7. The van der Waals surface area contributed by atoms with E-state index in [1.165, 1.54) is 7.11 Å². The van der Waals surface area contributed by atoms with E-state index in [4.69, 9.17) is 4.74 Å². The zero-order chi connectivity index (χ0) is 19.5. The van der Waals surface area contributed by atoms with Gasteiger partial charge in [0.15, 0.2) is 5.82 Å². The number of hydrogen-bond acceptors (Lipinski definition) is 6. The van der Waals surface area contributed by atoms with Crippen molar-refractivity contribution in [3.63, 3.8) is 0 Å². The Morgan fingerprint density at radius 2 is 2.21 bits per heavy atom. The molecule has 0 unspecified atom stereocenters. The molecule has 0 aliphatic carbocycles. The number of imidazole rings is 1. The van der Waals surface area contributed by atoms with Gasteiger partial charge < -0.3 is 18.8 Å². The summed E-state index contributed by atoms with van der Waals surface area (Å²) in [4.78, 5) is 23.1. The molecule has 4 rings (SSSR count). The van der Waals surface area contributed by atoms with E-state index in [0.29, 0.717) is 31.1 Å². The Kier molecular flexibility index (Phi) is 5.05. The molecule has 9 nitrogen and oxygen atoms in total. The highest BCUT2D eigenvalue weighted by Crippen LogP contribution is 2.28. The van der Waals surface area contributed by atoms with Gasteiger partial charge in [0.25, 0.3) is 5.91 Å². The summed E-state index contributed by atoms with van der Waals surface area (Å²) in [5.74, 6) is 2.22. The highest BCUT2D eigenvalue weighted by atomic mass is 16.5. The van der Waals surface area contributed by atoms with Gasteiger partial charge in [-0.05, 0) is 25.0 Å². The summed E-state index contributed by atoms with van der Waals surface area (Å²) in [6.45, 7) is 1.94. The largest absolute Gasteiger partial charge is 0.480 e. The van der Waals surface area contributed by atoms with Crippen molar-refractivity contribution >= 4 is 5.91 Å². The molecule has 28 heavy (non-hydrogen) atoms. The Labute approximate surface area is 163 Å². The third-order valence-corrected chi connectivity index (χ3v) is 5.15. The highest BCUT2D eigenvalue weighted by molar-refractivity contribution is 5.96. The third-order valence-electron chi connectivity index (χ3n) is 5.15. The number of carbonyl (C=O) groups is 1. The van der Waals surface area contributed by atoms with Crippen molar-refractivity contribution in [3.05, 3.63) is 54.3 Å². The smallest absolute Gasteiger partial charge is 0.259 e. The molecule has 1 fully saturated rings. The lowest BCUT2D eigenvalue weighted by Crippen LogP contribution is -2.40. The molecule has 0 N–H and O–H groups in total. The Morgan fingerprint density at radius 1 is 1.32 bits per heavy atom. The fourth-order valence-electron chi connectivity index (χ4n) is 3.67. The minimum atomic E-state index is -0.0598. The van der Waals surface area contributed by atoms with Crippen molar-refractivity contribution in [2.45, 2.75) is 25.3 Å². The fourth-order valence-corrected chi connectivity index (χ4v) is 3.67. The predicted octanol–water partition coefficient (Wildman–Crippen LogP) is 1.48. The Bertz CT molecular complexity index is 951. The average molecular weight is 381 g/mol. The van der Waals surface area contributed by atoms with Crippen LogP contribution in [0, 0.1) is 0 Å². The summed E-state index contributed by atoms with van der Waals surface area (Å²) in [7, 11) is 3.51. The third kappa shape index (κ3) is 3.47. The van der Waals surface area contributed by atoms with Crippen LogP contribution in [0.1, 0.15) is 40.8 Å². The van der Waals surface area contributed by atoms with E-state index in [9.17, 15) is 4.79 Å². The number of carbonyl (C=O) groups excluding carboxylic acids is 1. The molecule has 0 saturated carbocycles. The molecule has 3 aromatic rings. The molecule has 0 radical (unpaired) electrons. The lowest BCUT2D eigenvalue weighted by molar-refractivity contribution is 0.0699. The van der Waals surface area contributed by atoms with Crippen LogP contribution in [-0.4, -0.2) is 60.3 Å². The van der Waals surface area contributed by atoms with Gasteiger partial charge in [-0.15, -0.1) is 10.2 Å². The van der Waals surface area contributed by atoms with E-state index >= 15 is 0 Å². The number of nitrogens with zero attached hydrogens (tertiary/aromatic N) is 7. The van der Waals surface area contributed by atoms with Crippen molar-refractivity contribution < 1.29 is 9.53 Å². The number of ether oxygens (including phenoxy) is 1. The lowest BCUT2D eigenvalue weighted by Gasteiger charge is -2.32. The summed E-state index contributed by atoms with van der Waals surface area (Å²) in [6.07, 6.45) is 8.92. The van der Waals surface area contributed by atoms with Crippen molar-refractivity contribution in [2.24, 2.45) is 7.05 Å². The van der Waals surface area contributed by atoms with E-state index in [1.807, 2.05) is 27.3 Å². The topological polar surface area (TPSA) is 91.0 Å². The molecule has 4 heterocycles. The number of likely N-dealkylation sites (tertiary alicyclic amines) is 1. The van der Waals surface area contributed by atoms with Gasteiger partial charge in [0.05, 0.1) is 20.0 Å². The molecule has 1 aliphatic rings. The summed E-state index contributed by atoms with van der Waals surface area (Å²) < 4.78 is 9.24. The molecule has 1 amide bonds. The van der Waals surface area contributed by atoms with Crippen LogP contribution < -0.4 is 4.74 Å². The van der Waals surface area contributed by atoms with Gasteiger partial charge in [0.1, 0.15) is 11.4 Å². The molecule has 9 heteroatoms. The van der Waals surface area contributed by atoms with Gasteiger partial charge in [-0.3, -0.25) is 4.79 Å². The Hall–Kier alpha value is -3.23. The number of methoxy groups -OCH3 is 1. The molecule has 146 valence electrons. The van der Waals surface area contributed by atoms with Crippen molar-refractivity contribution in [2.75, 3.05) is 20.2 Å². The first kappa shape index (κ1) is 18.1.